The normalized spacial score (nSPS) is 15.1. The molecular weight excluding hydrogens is 156 g/mol. The van der Waals surface area contributed by atoms with Gasteiger partial charge >= 0.3 is 0 Å². The van der Waals surface area contributed by atoms with Crippen LogP contribution in [-0.4, -0.2) is 32.4 Å². The van der Waals surface area contributed by atoms with Crippen molar-refractivity contribution in [2.45, 2.75) is 6.92 Å². The van der Waals surface area contributed by atoms with Gasteiger partial charge in [0.1, 0.15) is 0 Å². The first-order chi connectivity index (χ1) is 4.45. The monoisotopic (exact) mass is 168 g/mol. The van der Waals surface area contributed by atoms with Crippen LogP contribution in [0.2, 0.25) is 0 Å². The second-order valence-electron chi connectivity index (χ2n) is 2.31. The molecule has 0 radical (unpaired) electrons. The van der Waals surface area contributed by atoms with E-state index in [2.05, 4.69) is 4.74 Å². The Hall–Kier alpha value is -0.130. The SMILES string of the molecule is COC[C@@H](C)CS(=O)(=O)O. The molecule has 5 heteroatoms. The Balaban J connectivity index is 3.69. The molecule has 0 aromatic carbocycles. The average Bonchev–Trinajstić information content (AvgIpc) is 1.59. The minimum absolute atomic E-state index is 0.153. The zero-order valence-electron chi connectivity index (χ0n) is 6.07. The number of rotatable bonds is 4. The molecule has 0 aliphatic rings. The first-order valence-corrected chi connectivity index (χ1v) is 4.50. The van der Waals surface area contributed by atoms with Gasteiger partial charge in [-0.2, -0.15) is 8.42 Å². The van der Waals surface area contributed by atoms with E-state index in [1.54, 1.807) is 6.92 Å². The molecule has 0 aromatic heterocycles. The van der Waals surface area contributed by atoms with Crippen molar-refractivity contribution in [2.75, 3.05) is 19.5 Å². The van der Waals surface area contributed by atoms with Crippen molar-refractivity contribution >= 4 is 10.1 Å². The van der Waals surface area contributed by atoms with E-state index in [-0.39, 0.29) is 11.7 Å². The summed E-state index contributed by atoms with van der Waals surface area (Å²) in [6.45, 7) is 2.04. The van der Waals surface area contributed by atoms with Gasteiger partial charge < -0.3 is 4.74 Å². The molecule has 0 saturated carbocycles. The fraction of sp³-hybridized carbons (Fsp3) is 1.00. The summed E-state index contributed by atoms with van der Waals surface area (Å²) >= 11 is 0. The van der Waals surface area contributed by atoms with Gasteiger partial charge in [0.2, 0.25) is 0 Å². The lowest BCUT2D eigenvalue weighted by atomic mass is 10.2. The number of hydrogen-bond acceptors (Lipinski definition) is 3. The van der Waals surface area contributed by atoms with E-state index in [4.69, 9.17) is 4.55 Å². The smallest absolute Gasteiger partial charge is 0.265 e. The highest BCUT2D eigenvalue weighted by Gasteiger charge is 2.11. The van der Waals surface area contributed by atoms with E-state index < -0.39 is 10.1 Å². The summed E-state index contributed by atoms with van der Waals surface area (Å²) in [5, 5.41) is 0. The Bertz CT molecular complexity index is 172. The fourth-order valence-electron chi connectivity index (χ4n) is 0.692. The fourth-order valence-corrected chi connectivity index (χ4v) is 1.51. The van der Waals surface area contributed by atoms with Crippen LogP contribution in [0.15, 0.2) is 0 Å². The minimum atomic E-state index is -3.83. The third-order valence-electron chi connectivity index (χ3n) is 0.946. The van der Waals surface area contributed by atoms with Gasteiger partial charge in [-0.3, -0.25) is 4.55 Å². The summed E-state index contributed by atoms with van der Waals surface area (Å²) in [5.74, 6) is -0.388. The number of methoxy groups -OCH3 is 1. The van der Waals surface area contributed by atoms with E-state index >= 15 is 0 Å². The topological polar surface area (TPSA) is 63.6 Å². The molecule has 0 aliphatic carbocycles. The molecule has 0 rings (SSSR count). The molecule has 1 N–H and O–H groups in total. The quantitative estimate of drug-likeness (QED) is 0.607. The van der Waals surface area contributed by atoms with E-state index in [0.29, 0.717) is 6.61 Å². The van der Waals surface area contributed by atoms with Crippen LogP contribution in [0, 0.1) is 5.92 Å². The molecule has 0 spiro atoms. The van der Waals surface area contributed by atoms with Crippen molar-refractivity contribution in [3.63, 3.8) is 0 Å². The average molecular weight is 168 g/mol. The molecule has 0 aliphatic heterocycles. The highest BCUT2D eigenvalue weighted by molar-refractivity contribution is 7.85. The van der Waals surface area contributed by atoms with Crippen LogP contribution in [-0.2, 0) is 14.9 Å². The highest BCUT2D eigenvalue weighted by atomic mass is 32.2. The summed E-state index contributed by atoms with van der Waals surface area (Å²) in [7, 11) is -2.34. The second-order valence-corrected chi connectivity index (χ2v) is 3.81. The van der Waals surface area contributed by atoms with Gasteiger partial charge in [-0.05, 0) is 5.92 Å². The van der Waals surface area contributed by atoms with Crippen molar-refractivity contribution in [2.24, 2.45) is 5.92 Å². The molecule has 1 atom stereocenters. The van der Waals surface area contributed by atoms with Gasteiger partial charge in [0.05, 0.1) is 5.75 Å². The zero-order chi connectivity index (χ0) is 8.20. The van der Waals surface area contributed by atoms with Crippen LogP contribution >= 0.6 is 0 Å². The van der Waals surface area contributed by atoms with Crippen molar-refractivity contribution < 1.29 is 17.7 Å². The molecule has 0 amide bonds. The lowest BCUT2D eigenvalue weighted by Gasteiger charge is -2.05. The molecule has 0 unspecified atom stereocenters. The Morgan fingerprint density at radius 1 is 1.60 bits per heavy atom. The van der Waals surface area contributed by atoms with E-state index in [1.165, 1.54) is 7.11 Å². The van der Waals surface area contributed by atoms with Crippen LogP contribution in [0.5, 0.6) is 0 Å². The molecule has 0 bridgehead atoms. The maximum absolute atomic E-state index is 10.2. The van der Waals surface area contributed by atoms with Crippen molar-refractivity contribution in [1.82, 2.24) is 0 Å². The molecule has 0 aromatic rings. The summed E-state index contributed by atoms with van der Waals surface area (Å²) < 4.78 is 33.4. The Kier molecular flexibility index (Phi) is 3.85. The van der Waals surface area contributed by atoms with Crippen LogP contribution in [0.1, 0.15) is 6.92 Å². The van der Waals surface area contributed by atoms with Crippen molar-refractivity contribution in [3.8, 4) is 0 Å². The molecule has 0 fully saturated rings. The van der Waals surface area contributed by atoms with Gasteiger partial charge in [-0.15, -0.1) is 0 Å². The third-order valence-corrected chi connectivity index (χ3v) is 1.94. The molecule has 4 nitrogen and oxygen atoms in total. The Labute approximate surface area is 60.9 Å². The third kappa shape index (κ3) is 6.00. The second kappa shape index (κ2) is 3.90. The Morgan fingerprint density at radius 2 is 2.10 bits per heavy atom. The van der Waals surface area contributed by atoms with E-state index in [0.717, 1.165) is 0 Å². The van der Waals surface area contributed by atoms with Crippen LogP contribution < -0.4 is 0 Å². The largest absolute Gasteiger partial charge is 0.384 e. The standard InChI is InChI=1S/C5H12O4S/c1-5(3-9-2)4-10(6,7)8/h5H,3-4H2,1-2H3,(H,6,7,8)/t5-/m1/s1. The van der Waals surface area contributed by atoms with Crippen LogP contribution in [0.4, 0.5) is 0 Å². The maximum Gasteiger partial charge on any atom is 0.265 e. The van der Waals surface area contributed by atoms with Crippen molar-refractivity contribution in [3.05, 3.63) is 0 Å². The van der Waals surface area contributed by atoms with Gasteiger partial charge in [0.15, 0.2) is 0 Å². The van der Waals surface area contributed by atoms with E-state index in [9.17, 15) is 8.42 Å². The summed E-state index contributed by atoms with van der Waals surface area (Å²) in [6, 6.07) is 0. The molecule has 0 saturated heterocycles. The number of hydrogen-bond donors (Lipinski definition) is 1. The van der Waals surface area contributed by atoms with Gasteiger partial charge in [-0.25, -0.2) is 0 Å². The van der Waals surface area contributed by atoms with Crippen LogP contribution in [0.3, 0.4) is 0 Å². The molecule has 10 heavy (non-hydrogen) atoms. The molecular formula is C5H12O4S. The van der Waals surface area contributed by atoms with E-state index in [1.807, 2.05) is 0 Å². The summed E-state index contributed by atoms with van der Waals surface area (Å²) in [5.41, 5.74) is 0. The van der Waals surface area contributed by atoms with Crippen LogP contribution in [0.25, 0.3) is 0 Å². The summed E-state index contributed by atoms with van der Waals surface area (Å²) in [4.78, 5) is 0. The van der Waals surface area contributed by atoms with Gasteiger partial charge in [-0.1, -0.05) is 6.92 Å². The molecule has 62 valence electrons. The number of ether oxygens (including phenoxy) is 1. The van der Waals surface area contributed by atoms with Crippen molar-refractivity contribution in [1.29, 1.82) is 0 Å². The molecule has 0 heterocycles. The maximum atomic E-state index is 10.2. The summed E-state index contributed by atoms with van der Waals surface area (Å²) in [6.07, 6.45) is 0. The predicted octanol–water partition coefficient (Wildman–Crippen LogP) is 0.157. The minimum Gasteiger partial charge on any atom is -0.384 e. The first-order valence-electron chi connectivity index (χ1n) is 2.90. The van der Waals surface area contributed by atoms with Gasteiger partial charge in [0.25, 0.3) is 10.1 Å². The lowest BCUT2D eigenvalue weighted by Crippen LogP contribution is -2.16. The first kappa shape index (κ1) is 9.87. The predicted molar refractivity (Wildman–Crippen MR) is 37.5 cm³/mol. The highest BCUT2D eigenvalue weighted by Crippen LogP contribution is 1.98. The Morgan fingerprint density at radius 3 is 2.40 bits per heavy atom. The van der Waals surface area contributed by atoms with Gasteiger partial charge in [0, 0.05) is 13.7 Å². The lowest BCUT2D eigenvalue weighted by molar-refractivity contribution is 0.167. The zero-order valence-corrected chi connectivity index (χ0v) is 6.89.